The number of aliphatic hydroxyl groups is 1. The van der Waals surface area contributed by atoms with E-state index in [4.69, 9.17) is 5.11 Å². The molecule has 0 saturated carbocycles. The highest BCUT2D eigenvalue weighted by molar-refractivity contribution is 14.1. The van der Waals surface area contributed by atoms with Gasteiger partial charge >= 0.3 is 0 Å². The van der Waals surface area contributed by atoms with E-state index in [0.717, 1.165) is 15.9 Å². The van der Waals surface area contributed by atoms with Crippen molar-refractivity contribution in [2.75, 3.05) is 37.7 Å². The Morgan fingerprint density at radius 1 is 1.33 bits per heavy atom. The van der Waals surface area contributed by atoms with E-state index in [1.165, 1.54) is 0 Å². The highest BCUT2D eigenvalue weighted by Crippen LogP contribution is 2.17. The number of pyridine rings is 1. The van der Waals surface area contributed by atoms with Crippen molar-refractivity contribution in [3.05, 3.63) is 22.0 Å². The Bertz CT molecular complexity index is 410. The number of hydrogen-bond donors (Lipinski definition) is 1. The van der Waals surface area contributed by atoms with Gasteiger partial charge in [-0.2, -0.15) is 0 Å². The average molecular weight is 361 g/mol. The molecule has 18 heavy (non-hydrogen) atoms. The number of amides is 1. The molecule has 5 nitrogen and oxygen atoms in total. The van der Waals surface area contributed by atoms with Crippen molar-refractivity contribution < 1.29 is 9.90 Å². The predicted molar refractivity (Wildman–Crippen MR) is 77.4 cm³/mol. The third-order valence-electron chi connectivity index (χ3n) is 3.02. The number of aliphatic hydroxyl groups excluding tert-OH is 1. The molecule has 0 unspecified atom stereocenters. The number of aromatic nitrogens is 1. The van der Waals surface area contributed by atoms with Crippen molar-refractivity contribution in [3.63, 3.8) is 0 Å². The first-order valence-electron chi connectivity index (χ1n) is 5.96. The van der Waals surface area contributed by atoms with Crippen LogP contribution in [-0.2, 0) is 4.79 Å². The minimum absolute atomic E-state index is 0.124. The first kappa shape index (κ1) is 13.7. The molecule has 98 valence electrons. The lowest BCUT2D eigenvalue weighted by Crippen LogP contribution is -2.34. The van der Waals surface area contributed by atoms with E-state index in [9.17, 15) is 4.79 Å². The lowest BCUT2D eigenvalue weighted by atomic mass is 10.3. The second-order valence-electron chi connectivity index (χ2n) is 4.20. The molecule has 0 atom stereocenters. The van der Waals surface area contributed by atoms with Gasteiger partial charge in [0.15, 0.2) is 0 Å². The van der Waals surface area contributed by atoms with Crippen molar-refractivity contribution >= 4 is 34.2 Å². The number of nitrogens with zero attached hydrogens (tertiary/aromatic N) is 3. The number of hydrogen-bond acceptors (Lipinski definition) is 4. The molecule has 1 aromatic heterocycles. The van der Waals surface area contributed by atoms with E-state index in [2.05, 4.69) is 32.5 Å². The Morgan fingerprint density at radius 2 is 2.17 bits per heavy atom. The van der Waals surface area contributed by atoms with Crippen LogP contribution < -0.4 is 4.90 Å². The number of rotatable bonds is 3. The highest BCUT2D eigenvalue weighted by Gasteiger charge is 2.21. The summed E-state index contributed by atoms with van der Waals surface area (Å²) in [5.41, 5.74) is 0.853. The summed E-state index contributed by atoms with van der Waals surface area (Å²) in [6, 6.07) is 3.83. The number of halogens is 1. The van der Waals surface area contributed by atoms with Crippen LogP contribution in [0.5, 0.6) is 0 Å². The predicted octanol–water partition coefficient (Wildman–Crippen LogP) is 0.717. The van der Waals surface area contributed by atoms with Crippen molar-refractivity contribution in [3.8, 4) is 0 Å². The van der Waals surface area contributed by atoms with Gasteiger partial charge in [0.1, 0.15) is 3.70 Å². The number of anilines is 1. The normalized spacial score (nSPS) is 17.9. The van der Waals surface area contributed by atoms with E-state index < -0.39 is 0 Å². The van der Waals surface area contributed by atoms with Gasteiger partial charge < -0.3 is 10.0 Å². The number of carbonyl (C=O) groups excluding carboxylic acids is 1. The van der Waals surface area contributed by atoms with Crippen LogP contribution in [-0.4, -0.2) is 53.7 Å². The van der Waals surface area contributed by atoms with Crippen LogP contribution in [0.2, 0.25) is 0 Å². The van der Waals surface area contributed by atoms with E-state index in [1.807, 2.05) is 12.1 Å². The van der Waals surface area contributed by atoms with Gasteiger partial charge in [-0.25, -0.2) is 4.98 Å². The van der Waals surface area contributed by atoms with Gasteiger partial charge in [0.2, 0.25) is 5.91 Å². The second kappa shape index (κ2) is 6.44. The van der Waals surface area contributed by atoms with Crippen molar-refractivity contribution in [1.82, 2.24) is 9.88 Å². The standard InChI is InChI=1S/C12H16IN3O2/c13-11-2-1-10(9-14-11)16-6-5-15(7-8-17)4-3-12(16)18/h1-2,9,17H,3-8H2. The average Bonchev–Trinajstić information content (AvgIpc) is 2.54. The van der Waals surface area contributed by atoms with Crippen LogP contribution in [0.25, 0.3) is 0 Å². The molecule has 0 aromatic carbocycles. The molecule has 1 N–H and O–H groups in total. The fraction of sp³-hybridized carbons (Fsp3) is 0.500. The molecule has 6 heteroatoms. The Hall–Kier alpha value is -0.730. The highest BCUT2D eigenvalue weighted by atomic mass is 127. The van der Waals surface area contributed by atoms with Gasteiger partial charge in [0.25, 0.3) is 0 Å². The van der Waals surface area contributed by atoms with Gasteiger partial charge in [0, 0.05) is 32.6 Å². The summed E-state index contributed by atoms with van der Waals surface area (Å²) in [6.45, 7) is 2.93. The van der Waals surface area contributed by atoms with Crippen LogP contribution in [0.15, 0.2) is 18.3 Å². The Labute approximate surface area is 120 Å². The Kier molecular flexibility index (Phi) is 4.90. The molecule has 0 aliphatic carbocycles. The fourth-order valence-electron chi connectivity index (χ4n) is 2.03. The summed E-state index contributed by atoms with van der Waals surface area (Å²) in [7, 11) is 0. The first-order chi connectivity index (χ1) is 8.70. The molecule has 1 amide bonds. The maximum Gasteiger partial charge on any atom is 0.228 e. The van der Waals surface area contributed by atoms with Gasteiger partial charge in [-0.15, -0.1) is 0 Å². The molecular weight excluding hydrogens is 345 g/mol. The summed E-state index contributed by atoms with van der Waals surface area (Å²) in [5.74, 6) is 0.124. The molecule has 1 aliphatic rings. The van der Waals surface area contributed by atoms with Gasteiger partial charge in [-0.1, -0.05) is 0 Å². The summed E-state index contributed by atoms with van der Waals surface area (Å²) in [4.78, 5) is 20.2. The SMILES string of the molecule is O=C1CCN(CCO)CCN1c1ccc(I)nc1. The molecule has 1 aliphatic heterocycles. The van der Waals surface area contributed by atoms with Gasteiger partial charge in [-0.05, 0) is 34.7 Å². The first-order valence-corrected chi connectivity index (χ1v) is 7.03. The molecule has 1 fully saturated rings. The number of carbonyl (C=O) groups is 1. The van der Waals surface area contributed by atoms with E-state index >= 15 is 0 Å². The third-order valence-corrected chi connectivity index (χ3v) is 3.66. The van der Waals surface area contributed by atoms with E-state index in [1.54, 1.807) is 11.1 Å². The minimum atomic E-state index is 0.124. The quantitative estimate of drug-likeness (QED) is 0.637. The summed E-state index contributed by atoms with van der Waals surface area (Å²) in [6.07, 6.45) is 2.23. The van der Waals surface area contributed by atoms with E-state index in [0.29, 0.717) is 26.1 Å². The maximum atomic E-state index is 12.1. The van der Waals surface area contributed by atoms with Crippen molar-refractivity contribution in [1.29, 1.82) is 0 Å². The molecule has 2 heterocycles. The summed E-state index contributed by atoms with van der Waals surface area (Å²) < 4.78 is 0.917. The molecule has 2 rings (SSSR count). The number of β-amino-alcohol motifs (C(OH)–C–C–N with tert-alkyl or cyclic N) is 1. The second-order valence-corrected chi connectivity index (χ2v) is 5.30. The van der Waals surface area contributed by atoms with Crippen LogP contribution in [0.1, 0.15) is 6.42 Å². The van der Waals surface area contributed by atoms with Gasteiger partial charge in [-0.3, -0.25) is 9.69 Å². The lowest BCUT2D eigenvalue weighted by molar-refractivity contribution is -0.118. The monoisotopic (exact) mass is 361 g/mol. The minimum Gasteiger partial charge on any atom is -0.395 e. The zero-order valence-electron chi connectivity index (χ0n) is 10.0. The zero-order chi connectivity index (χ0) is 13.0. The van der Waals surface area contributed by atoms with Crippen molar-refractivity contribution in [2.24, 2.45) is 0 Å². The third kappa shape index (κ3) is 3.39. The van der Waals surface area contributed by atoms with Gasteiger partial charge in [0.05, 0.1) is 18.5 Å². The molecule has 1 saturated heterocycles. The molecule has 0 radical (unpaired) electrons. The zero-order valence-corrected chi connectivity index (χ0v) is 12.2. The lowest BCUT2D eigenvalue weighted by Gasteiger charge is -2.21. The van der Waals surface area contributed by atoms with Crippen LogP contribution >= 0.6 is 22.6 Å². The molecular formula is C12H16IN3O2. The molecule has 1 aromatic rings. The molecule has 0 spiro atoms. The topological polar surface area (TPSA) is 56.7 Å². The Balaban J connectivity index is 2.08. The van der Waals surface area contributed by atoms with Crippen LogP contribution in [0.3, 0.4) is 0 Å². The van der Waals surface area contributed by atoms with E-state index in [-0.39, 0.29) is 12.5 Å². The summed E-state index contributed by atoms with van der Waals surface area (Å²) in [5, 5.41) is 8.94. The molecule has 0 bridgehead atoms. The Morgan fingerprint density at radius 3 is 2.83 bits per heavy atom. The summed E-state index contributed by atoms with van der Waals surface area (Å²) >= 11 is 2.14. The smallest absolute Gasteiger partial charge is 0.228 e. The van der Waals surface area contributed by atoms with Crippen molar-refractivity contribution in [2.45, 2.75) is 6.42 Å². The fourth-order valence-corrected chi connectivity index (χ4v) is 2.35. The van der Waals surface area contributed by atoms with Crippen LogP contribution in [0, 0.1) is 3.70 Å². The van der Waals surface area contributed by atoms with Crippen LogP contribution in [0.4, 0.5) is 5.69 Å². The largest absolute Gasteiger partial charge is 0.395 e. The maximum absolute atomic E-state index is 12.1.